The first-order valence-corrected chi connectivity index (χ1v) is 9.65. The van der Waals surface area contributed by atoms with Crippen LogP contribution in [0.3, 0.4) is 0 Å². The van der Waals surface area contributed by atoms with Crippen molar-refractivity contribution >= 4 is 5.97 Å². The van der Waals surface area contributed by atoms with Gasteiger partial charge in [-0.25, -0.2) is 0 Å². The van der Waals surface area contributed by atoms with Gasteiger partial charge in [0.1, 0.15) is 6.10 Å². The Morgan fingerprint density at radius 1 is 1.23 bits per heavy atom. The van der Waals surface area contributed by atoms with Gasteiger partial charge in [0.05, 0.1) is 24.4 Å². The molecule has 6 unspecified atom stereocenters. The van der Waals surface area contributed by atoms with E-state index in [4.69, 9.17) is 9.47 Å². The number of ether oxygens (including phenoxy) is 2. The monoisotopic (exact) mass is 358 g/mol. The van der Waals surface area contributed by atoms with Crippen molar-refractivity contribution in [2.45, 2.75) is 64.8 Å². The lowest BCUT2D eigenvalue weighted by Gasteiger charge is -2.38. The first-order valence-electron chi connectivity index (χ1n) is 9.65. The summed E-state index contributed by atoms with van der Waals surface area (Å²) in [7, 11) is 0. The molecule has 3 rings (SSSR count). The van der Waals surface area contributed by atoms with Crippen LogP contribution in [0.5, 0.6) is 0 Å². The zero-order valence-electron chi connectivity index (χ0n) is 16.0. The fraction of sp³-hybridized carbons (Fsp3) is 0.591. The lowest BCUT2D eigenvalue weighted by atomic mass is 9.76. The quantitative estimate of drug-likeness (QED) is 0.567. The molecule has 2 saturated heterocycles. The second-order valence-electron chi connectivity index (χ2n) is 7.87. The molecule has 142 valence electrons. The van der Waals surface area contributed by atoms with Gasteiger partial charge in [-0.1, -0.05) is 42.9 Å². The van der Waals surface area contributed by atoms with Crippen molar-refractivity contribution < 1.29 is 19.4 Å². The Balaban J connectivity index is 2.01. The van der Waals surface area contributed by atoms with Gasteiger partial charge in [0.2, 0.25) is 0 Å². The molecule has 0 aromatic carbocycles. The van der Waals surface area contributed by atoms with Crippen LogP contribution >= 0.6 is 0 Å². The van der Waals surface area contributed by atoms with Gasteiger partial charge in [-0.3, -0.25) is 4.79 Å². The number of esters is 1. The molecule has 1 N–H and O–H groups in total. The molecule has 26 heavy (non-hydrogen) atoms. The topological polar surface area (TPSA) is 55.8 Å². The molecule has 0 spiro atoms. The third-order valence-electron chi connectivity index (χ3n) is 5.79. The molecule has 0 amide bonds. The first kappa shape index (κ1) is 19.0. The molecule has 0 aromatic rings. The fourth-order valence-electron chi connectivity index (χ4n) is 4.28. The first-order chi connectivity index (χ1) is 12.4. The molecule has 0 radical (unpaired) electrons. The standard InChI is InChI=1S/C22H30O4/c1-5-18-12-19-14(3)9-21-16(10-17(23)11-22(24)26-21)7-6-13(2)8-20(19)15(4)25-18/h6-9,16-21,23H,4-5,10-12H2,1-3H3/b7-6+,13-8-,14-9+. The van der Waals surface area contributed by atoms with Crippen molar-refractivity contribution in [1.82, 2.24) is 0 Å². The summed E-state index contributed by atoms with van der Waals surface area (Å²) in [4.78, 5) is 12.0. The third kappa shape index (κ3) is 4.12. The Morgan fingerprint density at radius 2 is 2.00 bits per heavy atom. The number of allylic oxidation sites excluding steroid dienone is 4. The van der Waals surface area contributed by atoms with E-state index in [1.807, 2.05) is 0 Å². The number of hydrogen-bond donors (Lipinski definition) is 1. The van der Waals surface area contributed by atoms with Gasteiger partial charge >= 0.3 is 5.97 Å². The summed E-state index contributed by atoms with van der Waals surface area (Å²) in [6.45, 7) is 10.5. The summed E-state index contributed by atoms with van der Waals surface area (Å²) in [6, 6.07) is 0. The van der Waals surface area contributed by atoms with E-state index < -0.39 is 6.10 Å². The third-order valence-corrected chi connectivity index (χ3v) is 5.79. The average Bonchev–Trinajstić information content (AvgIpc) is 2.71. The molecule has 0 saturated carbocycles. The van der Waals surface area contributed by atoms with Crippen molar-refractivity contribution in [3.63, 3.8) is 0 Å². The van der Waals surface area contributed by atoms with Crippen LogP contribution in [0.15, 0.2) is 47.8 Å². The van der Waals surface area contributed by atoms with E-state index in [0.29, 0.717) is 6.42 Å². The highest BCUT2D eigenvalue weighted by molar-refractivity contribution is 5.70. The minimum Gasteiger partial charge on any atom is -0.495 e. The lowest BCUT2D eigenvalue weighted by molar-refractivity contribution is -0.147. The van der Waals surface area contributed by atoms with Gasteiger partial charge < -0.3 is 14.6 Å². The van der Waals surface area contributed by atoms with Gasteiger partial charge in [0.15, 0.2) is 0 Å². The van der Waals surface area contributed by atoms with Crippen LogP contribution in [0, 0.1) is 17.8 Å². The van der Waals surface area contributed by atoms with E-state index in [9.17, 15) is 9.90 Å². The minimum atomic E-state index is -0.650. The maximum Gasteiger partial charge on any atom is 0.309 e. The van der Waals surface area contributed by atoms with Crippen LogP contribution in [0.4, 0.5) is 0 Å². The van der Waals surface area contributed by atoms with E-state index in [2.05, 4.69) is 51.7 Å². The molecule has 2 aliphatic heterocycles. The van der Waals surface area contributed by atoms with Crippen molar-refractivity contribution in [3.05, 3.63) is 47.8 Å². The van der Waals surface area contributed by atoms with E-state index in [1.165, 1.54) is 5.57 Å². The van der Waals surface area contributed by atoms with Crippen molar-refractivity contribution in [1.29, 1.82) is 0 Å². The number of carbonyl (C=O) groups excluding carboxylic acids is 1. The van der Waals surface area contributed by atoms with Crippen molar-refractivity contribution in [3.8, 4) is 0 Å². The highest BCUT2D eigenvalue weighted by Gasteiger charge is 2.36. The Morgan fingerprint density at radius 3 is 2.73 bits per heavy atom. The predicted octanol–water partition coefficient (Wildman–Crippen LogP) is 4.08. The second kappa shape index (κ2) is 7.83. The van der Waals surface area contributed by atoms with Crippen LogP contribution in [-0.2, 0) is 14.3 Å². The lowest BCUT2D eigenvalue weighted by Crippen LogP contribution is -2.32. The van der Waals surface area contributed by atoms with Gasteiger partial charge in [-0.05, 0) is 45.1 Å². The van der Waals surface area contributed by atoms with E-state index >= 15 is 0 Å². The number of rotatable bonds is 1. The van der Waals surface area contributed by atoms with Crippen LogP contribution in [0.2, 0.25) is 0 Å². The Bertz CT molecular complexity index is 657. The molecule has 0 aromatic heterocycles. The molecule has 2 heterocycles. The molecule has 0 bridgehead atoms. The SMILES string of the molecule is C=C1OC(CC)CC2/C(C)=C/C3OC(=O)CC(O)CC3/C=C/C(C)=C\C12. The molecule has 4 nitrogen and oxygen atoms in total. The maximum absolute atomic E-state index is 12.0. The van der Waals surface area contributed by atoms with Crippen LogP contribution in [0.25, 0.3) is 0 Å². The number of aliphatic hydroxyl groups is 1. The fourth-order valence-corrected chi connectivity index (χ4v) is 4.28. The molecule has 4 heteroatoms. The van der Waals surface area contributed by atoms with E-state index in [-0.39, 0.29) is 42.4 Å². The molecule has 1 aliphatic carbocycles. The molecule has 6 atom stereocenters. The average molecular weight is 358 g/mol. The van der Waals surface area contributed by atoms with Gasteiger partial charge in [-0.15, -0.1) is 0 Å². The van der Waals surface area contributed by atoms with Gasteiger partial charge in [0, 0.05) is 11.8 Å². The summed E-state index contributed by atoms with van der Waals surface area (Å²) in [5.74, 6) is 0.888. The number of carbonyl (C=O) groups is 1. The van der Waals surface area contributed by atoms with E-state index in [0.717, 1.165) is 24.2 Å². The summed E-state index contributed by atoms with van der Waals surface area (Å²) >= 11 is 0. The largest absolute Gasteiger partial charge is 0.495 e. The summed E-state index contributed by atoms with van der Waals surface area (Å²) in [5, 5.41) is 10.1. The van der Waals surface area contributed by atoms with Crippen LogP contribution in [-0.4, -0.2) is 29.4 Å². The van der Waals surface area contributed by atoms with Gasteiger partial charge in [0.25, 0.3) is 0 Å². The Kier molecular flexibility index (Phi) is 5.71. The molecule has 2 fully saturated rings. The van der Waals surface area contributed by atoms with Crippen LogP contribution < -0.4 is 0 Å². The molecular formula is C22H30O4. The maximum atomic E-state index is 12.0. The van der Waals surface area contributed by atoms with Crippen LogP contribution in [0.1, 0.15) is 46.5 Å². The molecular weight excluding hydrogens is 328 g/mol. The number of aliphatic hydroxyl groups excluding tert-OH is 1. The van der Waals surface area contributed by atoms with Gasteiger partial charge in [-0.2, -0.15) is 0 Å². The zero-order valence-corrected chi connectivity index (χ0v) is 16.0. The Labute approximate surface area is 156 Å². The summed E-state index contributed by atoms with van der Waals surface area (Å²) in [6.07, 6.45) is 10.1. The summed E-state index contributed by atoms with van der Waals surface area (Å²) < 4.78 is 11.7. The number of fused-ring (bicyclic) bond motifs is 2. The predicted molar refractivity (Wildman–Crippen MR) is 101 cm³/mol. The minimum absolute atomic E-state index is 0.0173. The Hall–Kier alpha value is -1.81. The molecule has 3 aliphatic rings. The normalized spacial score (nSPS) is 43.2. The summed E-state index contributed by atoms with van der Waals surface area (Å²) in [5.41, 5.74) is 2.34. The smallest absolute Gasteiger partial charge is 0.309 e. The van der Waals surface area contributed by atoms with Crippen molar-refractivity contribution in [2.24, 2.45) is 17.8 Å². The highest BCUT2D eigenvalue weighted by Crippen LogP contribution is 2.40. The van der Waals surface area contributed by atoms with E-state index in [1.54, 1.807) is 0 Å². The zero-order chi connectivity index (χ0) is 18.8. The second-order valence-corrected chi connectivity index (χ2v) is 7.87. The number of hydrogen-bond acceptors (Lipinski definition) is 4. The van der Waals surface area contributed by atoms with Crippen molar-refractivity contribution in [2.75, 3.05) is 0 Å². The highest BCUT2D eigenvalue weighted by atomic mass is 16.5.